The van der Waals surface area contributed by atoms with Crippen LogP contribution in [0.3, 0.4) is 0 Å². The van der Waals surface area contributed by atoms with Gasteiger partial charge in [-0.1, -0.05) is 100 Å². The highest BCUT2D eigenvalue weighted by Gasteiger charge is 2.80. The molecular formula is C51H60F6O2S2. The summed E-state index contributed by atoms with van der Waals surface area (Å²) in [7, 11) is 0. The van der Waals surface area contributed by atoms with E-state index in [-0.39, 0.29) is 20.9 Å². The number of aryl methyl sites for hydroxylation is 2. The zero-order chi connectivity index (χ0) is 43.7. The number of unbranched alkanes of at least 4 members (excludes halogenated alkanes) is 1. The smallest absolute Gasteiger partial charge is 0.377 e. The van der Waals surface area contributed by atoms with Crippen molar-refractivity contribution >= 4 is 33.8 Å². The van der Waals surface area contributed by atoms with Crippen LogP contribution in [0.2, 0.25) is 0 Å². The average Bonchev–Trinajstić information content (AvgIpc) is 4.02. The molecule has 2 fully saturated rings. The Morgan fingerprint density at radius 1 is 0.721 bits per heavy atom. The zero-order valence-corrected chi connectivity index (χ0v) is 38.0. The maximum absolute atomic E-state index is 15.9. The molecule has 2 bridgehead atoms. The van der Waals surface area contributed by atoms with Crippen LogP contribution in [0.4, 0.5) is 26.3 Å². The Balaban J connectivity index is 1.05. The molecule has 5 atom stereocenters. The number of alkyl halides is 6. The van der Waals surface area contributed by atoms with Gasteiger partial charge in [0, 0.05) is 43.9 Å². The molecule has 2 saturated carbocycles. The Morgan fingerprint density at radius 3 is 1.70 bits per heavy atom. The lowest BCUT2D eigenvalue weighted by molar-refractivity contribution is -0.254. The first kappa shape index (κ1) is 45.8. The maximum atomic E-state index is 15.9. The van der Waals surface area contributed by atoms with Crippen molar-refractivity contribution in [3.05, 3.63) is 104 Å². The van der Waals surface area contributed by atoms with Gasteiger partial charge in [-0.15, -0.1) is 22.7 Å². The number of thiophene rings is 2. The molecule has 0 amide bonds. The van der Waals surface area contributed by atoms with E-state index in [1.165, 1.54) is 64.5 Å². The number of hydrogen-bond donors (Lipinski definition) is 0. The Labute approximate surface area is 366 Å². The Kier molecular flexibility index (Phi) is 14.2. The molecule has 330 valence electrons. The summed E-state index contributed by atoms with van der Waals surface area (Å²) in [6, 6.07) is 17.5. The zero-order valence-electron chi connectivity index (χ0n) is 36.3. The van der Waals surface area contributed by atoms with Crippen molar-refractivity contribution < 1.29 is 35.8 Å². The topological polar surface area (TPSA) is 18.5 Å². The standard InChI is InChI=1S/C51H60F6O2S2/c1-7-10-22-58-29-34-14-18-37(19-15-34)45-27-41(32(5)60-45)47-48(50(54,55)51(56,57)49(47,52)53)42-28-46(61-33(42)6)38-20-16-35(17-21-38)30-59-23-11-13-40-43(24-31(4)12-8-2)39-25-36(9-3)44(40)26-39/h9,14-21,27-28,31,39-40,43-44H,7-8,10-13,22-26,29-30H2,1-6H3/b36-9+. The van der Waals surface area contributed by atoms with E-state index < -0.39 is 28.9 Å². The Hall–Kier alpha value is -3.18. The quantitative estimate of drug-likeness (QED) is 0.0531. The van der Waals surface area contributed by atoms with Gasteiger partial charge >= 0.3 is 17.8 Å². The molecule has 0 N–H and O–H groups in total. The van der Waals surface area contributed by atoms with E-state index in [2.05, 4.69) is 33.8 Å². The van der Waals surface area contributed by atoms with Crippen LogP contribution in [0.5, 0.6) is 0 Å². The van der Waals surface area contributed by atoms with Gasteiger partial charge in [-0.2, -0.15) is 26.3 Å². The average molecular weight is 883 g/mol. The van der Waals surface area contributed by atoms with Gasteiger partial charge < -0.3 is 9.47 Å². The van der Waals surface area contributed by atoms with Gasteiger partial charge in [0.25, 0.3) is 0 Å². The third-order valence-corrected chi connectivity index (χ3v) is 15.8. The van der Waals surface area contributed by atoms with Crippen LogP contribution in [0.25, 0.3) is 32.0 Å². The summed E-state index contributed by atoms with van der Waals surface area (Å²) >= 11 is 2.24. The SMILES string of the molecule is C/C=C1\CC2CC1C(CCCOCc1ccc(-c3cc(C4=C(c5cc(-c6ccc(COCCCC)cc6)sc5C)C(F)(F)C(F)(F)C4(F)F)c(C)s3)cc1)C2CC(C)CCC. The van der Waals surface area contributed by atoms with Crippen molar-refractivity contribution in [3.63, 3.8) is 0 Å². The van der Waals surface area contributed by atoms with E-state index in [1.54, 1.807) is 17.7 Å². The number of ether oxygens (including phenoxy) is 2. The molecule has 0 aliphatic heterocycles. The van der Waals surface area contributed by atoms with Gasteiger partial charge in [0.2, 0.25) is 0 Å². The van der Waals surface area contributed by atoms with Crippen molar-refractivity contribution in [3.8, 4) is 20.9 Å². The highest BCUT2D eigenvalue weighted by atomic mass is 32.1. The lowest BCUT2D eigenvalue weighted by atomic mass is 9.71. The summed E-state index contributed by atoms with van der Waals surface area (Å²) in [5.41, 5.74) is 1.67. The van der Waals surface area contributed by atoms with Crippen molar-refractivity contribution in [2.24, 2.45) is 29.6 Å². The molecular weight excluding hydrogens is 823 g/mol. The van der Waals surface area contributed by atoms with Crippen LogP contribution in [0, 0.1) is 43.4 Å². The highest BCUT2D eigenvalue weighted by Crippen LogP contribution is 2.66. The number of halogens is 6. The van der Waals surface area contributed by atoms with Crippen molar-refractivity contribution in [2.45, 2.75) is 130 Å². The van der Waals surface area contributed by atoms with Crippen LogP contribution in [0.1, 0.15) is 117 Å². The first-order valence-electron chi connectivity index (χ1n) is 22.2. The second kappa shape index (κ2) is 18.9. The molecule has 3 aliphatic rings. The molecule has 2 heterocycles. The maximum Gasteiger partial charge on any atom is 0.380 e. The minimum absolute atomic E-state index is 0.253. The third kappa shape index (κ3) is 8.99. The van der Waals surface area contributed by atoms with Crippen molar-refractivity contribution in [2.75, 3.05) is 13.2 Å². The molecule has 3 aliphatic carbocycles. The monoisotopic (exact) mass is 882 g/mol. The summed E-state index contributed by atoms with van der Waals surface area (Å²) in [4.78, 5) is 1.55. The molecule has 4 aromatic rings. The molecule has 0 radical (unpaired) electrons. The largest absolute Gasteiger partial charge is 0.380 e. The number of rotatable bonds is 19. The van der Waals surface area contributed by atoms with Gasteiger partial charge in [0.15, 0.2) is 0 Å². The van der Waals surface area contributed by atoms with E-state index in [0.29, 0.717) is 47.3 Å². The summed E-state index contributed by atoms with van der Waals surface area (Å²) in [5, 5.41) is 0. The number of hydrogen-bond acceptors (Lipinski definition) is 4. The molecule has 5 unspecified atom stereocenters. The fourth-order valence-electron chi connectivity index (χ4n) is 10.4. The predicted molar refractivity (Wildman–Crippen MR) is 240 cm³/mol. The second-order valence-corrected chi connectivity index (χ2v) is 20.3. The van der Waals surface area contributed by atoms with Crippen LogP contribution in [0.15, 0.2) is 72.3 Å². The molecule has 2 nitrogen and oxygen atoms in total. The Morgan fingerprint density at radius 2 is 1.23 bits per heavy atom. The van der Waals surface area contributed by atoms with Gasteiger partial charge in [-0.25, -0.2) is 0 Å². The fraction of sp³-hybridized carbons (Fsp3) is 0.529. The van der Waals surface area contributed by atoms with Crippen LogP contribution < -0.4 is 0 Å². The summed E-state index contributed by atoms with van der Waals surface area (Å²) in [5.74, 6) is -12.0. The highest BCUT2D eigenvalue weighted by molar-refractivity contribution is 7.16. The van der Waals surface area contributed by atoms with E-state index in [4.69, 9.17) is 9.47 Å². The number of benzene rings is 2. The minimum Gasteiger partial charge on any atom is -0.377 e. The van der Waals surface area contributed by atoms with E-state index in [9.17, 15) is 0 Å². The number of fused-ring (bicyclic) bond motifs is 2. The normalized spacial score (nSPS) is 23.8. The van der Waals surface area contributed by atoms with Crippen LogP contribution in [-0.4, -0.2) is 31.0 Å². The van der Waals surface area contributed by atoms with E-state index >= 15 is 26.3 Å². The molecule has 0 saturated heterocycles. The predicted octanol–water partition coefficient (Wildman–Crippen LogP) is 16.2. The lowest BCUT2D eigenvalue weighted by Gasteiger charge is -2.34. The summed E-state index contributed by atoms with van der Waals surface area (Å²) in [6.07, 6.45) is 13.0. The fourth-order valence-corrected chi connectivity index (χ4v) is 12.4. The first-order valence-corrected chi connectivity index (χ1v) is 23.9. The molecule has 10 heteroatoms. The second-order valence-electron chi connectivity index (χ2n) is 17.8. The molecule has 2 aromatic carbocycles. The van der Waals surface area contributed by atoms with Crippen LogP contribution in [-0.2, 0) is 22.7 Å². The first-order chi connectivity index (χ1) is 29.1. The van der Waals surface area contributed by atoms with Gasteiger partial charge in [-0.05, 0) is 134 Å². The minimum atomic E-state index is -5.63. The number of allylic oxidation sites excluding steroid dienone is 4. The van der Waals surface area contributed by atoms with E-state index in [1.807, 2.05) is 36.4 Å². The van der Waals surface area contributed by atoms with Crippen LogP contribution >= 0.6 is 22.7 Å². The summed E-state index contributed by atoms with van der Waals surface area (Å²) < 4.78 is 106. The lowest BCUT2D eigenvalue weighted by Crippen LogP contribution is -2.48. The Bertz CT molecular complexity index is 2180. The molecule has 61 heavy (non-hydrogen) atoms. The third-order valence-electron chi connectivity index (χ3n) is 13.6. The van der Waals surface area contributed by atoms with Crippen molar-refractivity contribution in [1.82, 2.24) is 0 Å². The molecule has 2 aromatic heterocycles. The molecule has 0 spiro atoms. The summed E-state index contributed by atoms with van der Waals surface area (Å²) in [6.45, 7) is 14.1. The van der Waals surface area contributed by atoms with Gasteiger partial charge in [-0.3, -0.25) is 0 Å². The van der Waals surface area contributed by atoms with Crippen molar-refractivity contribution in [1.29, 1.82) is 0 Å². The molecule has 7 rings (SSSR count). The van der Waals surface area contributed by atoms with E-state index in [0.717, 1.165) is 82.7 Å². The van der Waals surface area contributed by atoms with Gasteiger partial charge in [0.05, 0.1) is 13.2 Å². The van der Waals surface area contributed by atoms with Gasteiger partial charge in [0.1, 0.15) is 0 Å².